The van der Waals surface area contributed by atoms with Gasteiger partial charge < -0.3 is 9.47 Å². The number of halogens is 5. The molecule has 1 atom stereocenters. The Labute approximate surface area is 206 Å². The Morgan fingerprint density at radius 2 is 1.40 bits per heavy atom. The summed E-state index contributed by atoms with van der Waals surface area (Å²) in [5, 5.41) is 0.174. The largest absolute Gasteiger partial charge is 0.348 e. The van der Waals surface area contributed by atoms with Gasteiger partial charge in [0.1, 0.15) is 29.9 Å². The topological polar surface area (TPSA) is 18.5 Å². The molecule has 1 aliphatic heterocycles. The van der Waals surface area contributed by atoms with Crippen molar-refractivity contribution < 1.29 is 31.4 Å². The summed E-state index contributed by atoms with van der Waals surface area (Å²) in [4.78, 5) is 0. The van der Waals surface area contributed by atoms with Crippen LogP contribution in [0.4, 0.5) is 22.0 Å². The molecule has 0 saturated carbocycles. The van der Waals surface area contributed by atoms with Gasteiger partial charge in [0.05, 0.1) is 18.8 Å². The Kier molecular flexibility index (Phi) is 8.14. The number of hydrogen-bond donors (Lipinski definition) is 1. The highest BCUT2D eigenvalue weighted by Crippen LogP contribution is 2.34. The first-order valence-corrected chi connectivity index (χ1v) is 11.9. The summed E-state index contributed by atoms with van der Waals surface area (Å²) >= 11 is 4.59. The fourth-order valence-corrected chi connectivity index (χ4v) is 4.61. The maximum Gasteiger partial charge on any atom is 0.183 e. The van der Waals surface area contributed by atoms with Gasteiger partial charge in [-0.05, 0) is 41.8 Å². The van der Waals surface area contributed by atoms with Gasteiger partial charge in [0.15, 0.2) is 6.29 Å². The Hall–Kier alpha value is -2.42. The van der Waals surface area contributed by atoms with Gasteiger partial charge in [-0.1, -0.05) is 37.6 Å². The zero-order valence-corrected chi connectivity index (χ0v) is 19.9. The van der Waals surface area contributed by atoms with Crippen molar-refractivity contribution in [2.24, 2.45) is 5.92 Å². The van der Waals surface area contributed by atoms with Crippen molar-refractivity contribution in [2.45, 2.75) is 38.0 Å². The van der Waals surface area contributed by atoms with Gasteiger partial charge in [-0.25, -0.2) is 22.0 Å². The lowest BCUT2D eigenvalue weighted by Gasteiger charge is -2.32. The third-order valence-corrected chi connectivity index (χ3v) is 6.86. The van der Waals surface area contributed by atoms with E-state index in [-0.39, 0.29) is 33.4 Å². The second kappa shape index (κ2) is 11.1. The van der Waals surface area contributed by atoms with Crippen LogP contribution in [-0.2, 0) is 16.1 Å². The lowest BCUT2D eigenvalue weighted by Crippen LogP contribution is -2.33. The molecule has 0 radical (unpaired) electrons. The van der Waals surface area contributed by atoms with Gasteiger partial charge in [0.2, 0.25) is 0 Å². The normalized spacial score (nSPS) is 19.1. The van der Waals surface area contributed by atoms with E-state index in [2.05, 4.69) is 19.6 Å². The number of ether oxygens (including phenoxy) is 2. The van der Waals surface area contributed by atoms with Crippen molar-refractivity contribution in [3.63, 3.8) is 0 Å². The van der Waals surface area contributed by atoms with Crippen LogP contribution in [0, 0.1) is 29.2 Å². The Bertz CT molecular complexity index is 1170. The number of alkyl halides is 1. The second-order valence-electron chi connectivity index (χ2n) is 8.60. The van der Waals surface area contributed by atoms with Crippen molar-refractivity contribution in [1.82, 2.24) is 0 Å². The van der Waals surface area contributed by atoms with E-state index in [0.717, 1.165) is 31.0 Å². The lowest BCUT2D eigenvalue weighted by atomic mass is 9.97. The summed E-state index contributed by atoms with van der Waals surface area (Å²) in [6, 6.07) is 10.0. The molecular formula is C27H25F5O2S. The van der Waals surface area contributed by atoms with Gasteiger partial charge in [-0.15, -0.1) is 0 Å². The van der Waals surface area contributed by atoms with Crippen LogP contribution in [0.15, 0.2) is 48.5 Å². The molecule has 0 spiro atoms. The minimum Gasteiger partial charge on any atom is -0.348 e. The number of benzene rings is 3. The Morgan fingerprint density at radius 3 is 1.97 bits per heavy atom. The number of rotatable bonds is 7. The average molecular weight is 509 g/mol. The second-order valence-corrected chi connectivity index (χ2v) is 9.26. The molecule has 1 fully saturated rings. The first kappa shape index (κ1) is 25.7. The molecule has 3 aromatic carbocycles. The molecule has 4 rings (SSSR count). The van der Waals surface area contributed by atoms with E-state index in [4.69, 9.17) is 9.47 Å². The monoisotopic (exact) mass is 508 g/mol. The highest BCUT2D eigenvalue weighted by atomic mass is 32.1. The fraction of sp³-hybridized carbons (Fsp3) is 0.333. The summed E-state index contributed by atoms with van der Waals surface area (Å²) in [5.74, 6) is -3.42. The molecule has 0 N–H and O–H groups in total. The third kappa shape index (κ3) is 5.55. The highest BCUT2D eigenvalue weighted by molar-refractivity contribution is 7.81. The molecule has 1 unspecified atom stereocenters. The molecule has 1 saturated heterocycles. The SMILES string of the molecule is CCCC(S)C1COC(c2ccc(-c3ccc(-c4cc(F)c(CF)c(F)c4)c(F)c3)c(F)c2)OC1. The van der Waals surface area contributed by atoms with Crippen LogP contribution in [0.1, 0.15) is 37.2 Å². The van der Waals surface area contributed by atoms with Gasteiger partial charge in [0.25, 0.3) is 0 Å². The minimum atomic E-state index is -1.30. The van der Waals surface area contributed by atoms with Crippen molar-refractivity contribution in [1.29, 1.82) is 0 Å². The van der Waals surface area contributed by atoms with E-state index in [1.165, 1.54) is 24.3 Å². The summed E-state index contributed by atoms with van der Waals surface area (Å²) < 4.78 is 82.0. The average Bonchev–Trinajstić information content (AvgIpc) is 2.84. The zero-order chi connectivity index (χ0) is 25.1. The summed E-state index contributed by atoms with van der Waals surface area (Å²) in [5.41, 5.74) is 0.0335. The van der Waals surface area contributed by atoms with E-state index in [0.29, 0.717) is 18.8 Å². The molecular weight excluding hydrogens is 483 g/mol. The molecule has 0 bridgehead atoms. The Morgan fingerprint density at radius 1 is 0.829 bits per heavy atom. The predicted molar refractivity (Wildman–Crippen MR) is 128 cm³/mol. The summed E-state index contributed by atoms with van der Waals surface area (Å²) in [6.45, 7) is 1.70. The lowest BCUT2D eigenvalue weighted by molar-refractivity contribution is -0.205. The molecule has 1 heterocycles. The van der Waals surface area contributed by atoms with Crippen LogP contribution in [0.2, 0.25) is 0 Å². The van der Waals surface area contributed by atoms with E-state index < -0.39 is 41.8 Å². The summed E-state index contributed by atoms with van der Waals surface area (Å²) in [6.07, 6.45) is 1.27. The molecule has 0 aliphatic carbocycles. The van der Waals surface area contributed by atoms with Gasteiger partial charge in [-0.3, -0.25) is 0 Å². The number of thiol groups is 1. The molecule has 2 nitrogen and oxygen atoms in total. The smallest absolute Gasteiger partial charge is 0.183 e. The molecule has 0 aromatic heterocycles. The highest BCUT2D eigenvalue weighted by Gasteiger charge is 2.28. The van der Waals surface area contributed by atoms with E-state index in [1.54, 1.807) is 6.07 Å². The minimum absolute atomic E-state index is 0.0793. The van der Waals surface area contributed by atoms with Crippen LogP contribution in [0.25, 0.3) is 22.3 Å². The fourth-order valence-electron chi connectivity index (χ4n) is 4.18. The molecule has 8 heteroatoms. The van der Waals surface area contributed by atoms with Crippen LogP contribution in [0.3, 0.4) is 0 Å². The van der Waals surface area contributed by atoms with Crippen LogP contribution >= 0.6 is 12.6 Å². The maximum absolute atomic E-state index is 15.0. The number of hydrogen-bond acceptors (Lipinski definition) is 3. The third-order valence-electron chi connectivity index (χ3n) is 6.18. The molecule has 1 aliphatic rings. The van der Waals surface area contributed by atoms with Crippen molar-refractivity contribution in [2.75, 3.05) is 13.2 Å². The van der Waals surface area contributed by atoms with E-state index in [1.807, 2.05) is 0 Å². The van der Waals surface area contributed by atoms with Gasteiger partial charge in [-0.2, -0.15) is 12.6 Å². The predicted octanol–water partition coefficient (Wildman–Crippen LogP) is 7.81. The van der Waals surface area contributed by atoms with Crippen LogP contribution < -0.4 is 0 Å². The first-order chi connectivity index (χ1) is 16.8. The van der Waals surface area contributed by atoms with E-state index >= 15 is 0 Å². The van der Waals surface area contributed by atoms with Crippen LogP contribution in [-0.4, -0.2) is 18.5 Å². The van der Waals surface area contributed by atoms with Gasteiger partial charge in [0, 0.05) is 27.9 Å². The van der Waals surface area contributed by atoms with Crippen molar-refractivity contribution in [3.05, 3.63) is 82.9 Å². The maximum atomic E-state index is 15.0. The standard InChI is InChI=1S/C27H25F5O2S/c1-2-3-26(35)18-13-33-27(34-14-18)16-5-7-19(23(30)9-16)15-4-6-20(22(29)8-15)17-10-24(31)21(12-28)25(32)11-17/h4-11,18,26-27,35H,2-3,12-14H2,1H3. The molecule has 35 heavy (non-hydrogen) atoms. The van der Waals surface area contributed by atoms with E-state index in [9.17, 15) is 22.0 Å². The molecule has 186 valence electrons. The zero-order valence-electron chi connectivity index (χ0n) is 19.0. The molecule has 3 aromatic rings. The van der Waals surface area contributed by atoms with Crippen molar-refractivity contribution in [3.8, 4) is 22.3 Å². The first-order valence-electron chi connectivity index (χ1n) is 11.4. The summed E-state index contributed by atoms with van der Waals surface area (Å²) in [7, 11) is 0. The molecule has 0 amide bonds. The van der Waals surface area contributed by atoms with Crippen LogP contribution in [0.5, 0.6) is 0 Å². The van der Waals surface area contributed by atoms with Gasteiger partial charge >= 0.3 is 0 Å². The van der Waals surface area contributed by atoms with Crippen molar-refractivity contribution >= 4 is 12.6 Å². The quantitative estimate of drug-likeness (QED) is 0.259. The Balaban J connectivity index is 1.52.